The number of nitro benzene ring substituents is 1. The number of nitro groups is 1. The van der Waals surface area contributed by atoms with E-state index in [1.807, 2.05) is 6.07 Å². The summed E-state index contributed by atoms with van der Waals surface area (Å²) in [4.78, 5) is 23.8. The Bertz CT molecular complexity index is 1310. The molecule has 0 saturated heterocycles. The molecule has 3 aromatic carbocycles. The number of methoxy groups -OCH3 is 1. The van der Waals surface area contributed by atoms with E-state index < -0.39 is 26.9 Å². The fourth-order valence-electron chi connectivity index (χ4n) is 3.39. The van der Waals surface area contributed by atoms with Crippen LogP contribution in [0.15, 0.2) is 71.6 Å². The van der Waals surface area contributed by atoms with Crippen LogP contribution in [0.25, 0.3) is 0 Å². The number of hydrogen-bond acceptors (Lipinski definition) is 6. The van der Waals surface area contributed by atoms with E-state index in [-0.39, 0.29) is 22.7 Å². The molecule has 0 aliphatic heterocycles. The number of rotatable bonds is 9. The smallest absolute Gasteiger partial charge is 0.271 e. The lowest BCUT2D eigenvalue weighted by Crippen LogP contribution is -2.45. The maximum Gasteiger partial charge on any atom is 0.271 e. The number of nitrogens with zero attached hydrogens (tertiary/aromatic N) is 1. The van der Waals surface area contributed by atoms with E-state index in [1.54, 1.807) is 44.2 Å². The maximum atomic E-state index is 13.2. The quantitative estimate of drug-likeness (QED) is 0.352. The van der Waals surface area contributed by atoms with E-state index in [1.165, 1.54) is 37.4 Å². The predicted molar refractivity (Wildman–Crippen MR) is 128 cm³/mol. The number of amides is 1. The SMILES string of the molecule is COc1ccc(S(=O)(=O)N[C@H](Cc2ccccc2)C(=O)Nc2cc([N+](=O)[O-])ccc2C)cc1C. The van der Waals surface area contributed by atoms with Crippen molar-refractivity contribution in [3.63, 3.8) is 0 Å². The topological polar surface area (TPSA) is 128 Å². The number of anilines is 1. The highest BCUT2D eigenvalue weighted by molar-refractivity contribution is 7.89. The van der Waals surface area contributed by atoms with E-state index in [4.69, 9.17) is 4.74 Å². The highest BCUT2D eigenvalue weighted by atomic mass is 32.2. The van der Waals surface area contributed by atoms with Gasteiger partial charge in [-0.25, -0.2) is 8.42 Å². The van der Waals surface area contributed by atoms with Gasteiger partial charge in [-0.2, -0.15) is 4.72 Å². The zero-order chi connectivity index (χ0) is 24.9. The molecule has 10 heteroatoms. The lowest BCUT2D eigenvalue weighted by atomic mass is 10.1. The molecule has 2 N–H and O–H groups in total. The Morgan fingerprint density at radius 1 is 1.03 bits per heavy atom. The van der Waals surface area contributed by atoms with Gasteiger partial charge in [-0.05, 0) is 55.2 Å². The van der Waals surface area contributed by atoms with Crippen molar-refractivity contribution in [1.82, 2.24) is 4.72 Å². The number of aryl methyl sites for hydroxylation is 2. The normalized spacial score (nSPS) is 12.1. The zero-order valence-electron chi connectivity index (χ0n) is 18.9. The molecule has 0 aliphatic rings. The van der Waals surface area contributed by atoms with Crippen LogP contribution in [0.5, 0.6) is 5.75 Å². The van der Waals surface area contributed by atoms with Gasteiger partial charge in [-0.1, -0.05) is 36.4 Å². The first-order valence-corrected chi connectivity index (χ1v) is 11.9. The van der Waals surface area contributed by atoms with Gasteiger partial charge in [-0.15, -0.1) is 0 Å². The standard InChI is InChI=1S/C24H25N3O6S/c1-16-9-10-19(27(29)30)15-21(16)25-24(28)22(14-18-7-5-4-6-8-18)26-34(31,32)20-11-12-23(33-3)17(2)13-20/h4-13,15,22,26H,14H2,1-3H3,(H,25,28)/t22-/m1/s1. The summed E-state index contributed by atoms with van der Waals surface area (Å²) in [6.45, 7) is 3.41. The summed E-state index contributed by atoms with van der Waals surface area (Å²) in [6.07, 6.45) is 0.0784. The number of carbonyl (C=O) groups is 1. The van der Waals surface area contributed by atoms with Crippen LogP contribution in [0, 0.1) is 24.0 Å². The fraction of sp³-hybridized carbons (Fsp3) is 0.208. The molecule has 0 heterocycles. The molecule has 3 rings (SSSR count). The minimum atomic E-state index is -4.07. The molecule has 0 bridgehead atoms. The third-order valence-electron chi connectivity index (χ3n) is 5.26. The molecule has 178 valence electrons. The highest BCUT2D eigenvalue weighted by Gasteiger charge is 2.27. The average molecular weight is 484 g/mol. The molecule has 0 unspecified atom stereocenters. The van der Waals surface area contributed by atoms with Crippen LogP contribution in [0.4, 0.5) is 11.4 Å². The summed E-state index contributed by atoms with van der Waals surface area (Å²) >= 11 is 0. The number of hydrogen-bond donors (Lipinski definition) is 2. The first kappa shape index (κ1) is 24.9. The van der Waals surface area contributed by atoms with Crippen LogP contribution >= 0.6 is 0 Å². The number of benzene rings is 3. The molecule has 0 spiro atoms. The minimum absolute atomic E-state index is 0.0109. The van der Waals surface area contributed by atoms with E-state index in [9.17, 15) is 23.3 Å². The number of sulfonamides is 1. The van der Waals surface area contributed by atoms with Crippen LogP contribution in [0.3, 0.4) is 0 Å². The van der Waals surface area contributed by atoms with Crippen LogP contribution < -0.4 is 14.8 Å². The van der Waals surface area contributed by atoms with E-state index in [0.29, 0.717) is 16.9 Å². The Labute approximate surface area is 198 Å². The van der Waals surface area contributed by atoms with Gasteiger partial charge < -0.3 is 10.1 Å². The number of carbonyl (C=O) groups excluding carboxylic acids is 1. The summed E-state index contributed by atoms with van der Waals surface area (Å²) in [6, 6.07) is 16.3. The number of ether oxygens (including phenoxy) is 1. The Balaban J connectivity index is 1.92. The zero-order valence-corrected chi connectivity index (χ0v) is 19.8. The molecule has 9 nitrogen and oxygen atoms in total. The molecule has 0 aromatic heterocycles. The van der Waals surface area contributed by atoms with Crippen molar-refractivity contribution in [1.29, 1.82) is 0 Å². The number of nitrogens with one attached hydrogen (secondary N) is 2. The monoisotopic (exact) mass is 483 g/mol. The van der Waals surface area contributed by atoms with Crippen LogP contribution in [-0.4, -0.2) is 32.4 Å². The summed E-state index contributed by atoms with van der Waals surface area (Å²) in [5.41, 5.74) is 2.02. The first-order chi connectivity index (χ1) is 16.1. The van der Waals surface area contributed by atoms with Gasteiger partial charge in [-0.3, -0.25) is 14.9 Å². The van der Waals surface area contributed by atoms with Gasteiger partial charge in [0.2, 0.25) is 15.9 Å². The van der Waals surface area contributed by atoms with Crippen molar-refractivity contribution >= 4 is 27.3 Å². The fourth-order valence-corrected chi connectivity index (χ4v) is 4.67. The third kappa shape index (κ3) is 5.97. The van der Waals surface area contributed by atoms with Crippen molar-refractivity contribution in [2.24, 2.45) is 0 Å². The van der Waals surface area contributed by atoms with Crippen molar-refractivity contribution in [3.05, 3.63) is 93.5 Å². The molecule has 1 amide bonds. The third-order valence-corrected chi connectivity index (χ3v) is 6.73. The average Bonchev–Trinajstić information content (AvgIpc) is 2.80. The van der Waals surface area contributed by atoms with E-state index in [0.717, 1.165) is 5.56 Å². The molecular weight excluding hydrogens is 458 g/mol. The van der Waals surface area contributed by atoms with Gasteiger partial charge in [0.25, 0.3) is 5.69 Å². The lowest BCUT2D eigenvalue weighted by molar-refractivity contribution is -0.384. The first-order valence-electron chi connectivity index (χ1n) is 10.4. The van der Waals surface area contributed by atoms with Crippen LogP contribution in [0.2, 0.25) is 0 Å². The van der Waals surface area contributed by atoms with Crippen LogP contribution in [0.1, 0.15) is 16.7 Å². The molecule has 3 aromatic rings. The highest BCUT2D eigenvalue weighted by Crippen LogP contribution is 2.24. The molecule has 0 saturated carbocycles. The Morgan fingerprint density at radius 2 is 1.74 bits per heavy atom. The van der Waals surface area contributed by atoms with Crippen LogP contribution in [-0.2, 0) is 21.2 Å². The van der Waals surface area contributed by atoms with Gasteiger partial charge in [0, 0.05) is 12.1 Å². The Morgan fingerprint density at radius 3 is 2.35 bits per heavy atom. The molecule has 34 heavy (non-hydrogen) atoms. The summed E-state index contributed by atoms with van der Waals surface area (Å²) < 4.78 is 33.9. The largest absolute Gasteiger partial charge is 0.496 e. The Hall–Kier alpha value is -3.76. The van der Waals surface area contributed by atoms with Crippen molar-refractivity contribution in [2.75, 3.05) is 12.4 Å². The van der Waals surface area contributed by atoms with Gasteiger partial charge in [0.05, 0.1) is 22.6 Å². The molecule has 0 aliphatic carbocycles. The summed E-state index contributed by atoms with van der Waals surface area (Å²) in [5.74, 6) is -0.0973. The van der Waals surface area contributed by atoms with Crippen molar-refractivity contribution < 1.29 is 22.9 Å². The molecule has 0 radical (unpaired) electrons. The van der Waals surface area contributed by atoms with E-state index >= 15 is 0 Å². The molecule has 0 fully saturated rings. The lowest BCUT2D eigenvalue weighted by Gasteiger charge is -2.20. The minimum Gasteiger partial charge on any atom is -0.496 e. The van der Waals surface area contributed by atoms with Gasteiger partial charge in [0.15, 0.2) is 0 Å². The Kier molecular flexibility index (Phi) is 7.64. The molecule has 1 atom stereocenters. The van der Waals surface area contributed by atoms with Gasteiger partial charge in [0.1, 0.15) is 11.8 Å². The molecular formula is C24H25N3O6S. The summed E-state index contributed by atoms with van der Waals surface area (Å²) in [5, 5.41) is 13.8. The predicted octanol–water partition coefficient (Wildman–Crippen LogP) is 3.75. The summed E-state index contributed by atoms with van der Waals surface area (Å²) in [7, 11) is -2.58. The van der Waals surface area contributed by atoms with Crippen molar-refractivity contribution in [3.8, 4) is 5.75 Å². The second-order valence-corrected chi connectivity index (χ2v) is 9.45. The second kappa shape index (κ2) is 10.4. The van der Waals surface area contributed by atoms with Gasteiger partial charge >= 0.3 is 0 Å². The maximum absolute atomic E-state index is 13.2. The number of non-ortho nitro benzene ring substituents is 1. The second-order valence-electron chi connectivity index (χ2n) is 7.74. The van der Waals surface area contributed by atoms with E-state index in [2.05, 4.69) is 10.0 Å². The van der Waals surface area contributed by atoms with Crippen molar-refractivity contribution in [2.45, 2.75) is 31.2 Å².